The van der Waals surface area contributed by atoms with Crippen molar-refractivity contribution in [3.63, 3.8) is 0 Å². The number of rotatable bonds is 4. The molecule has 0 aromatic heterocycles. The summed E-state index contributed by atoms with van der Waals surface area (Å²) in [7, 11) is -1.07. The van der Waals surface area contributed by atoms with Crippen LogP contribution in [-0.4, -0.2) is 30.7 Å². The summed E-state index contributed by atoms with van der Waals surface area (Å²) in [6.07, 6.45) is 0. The Kier molecular flexibility index (Phi) is 5.78. The van der Waals surface area contributed by atoms with Gasteiger partial charge in [-0.3, -0.25) is 0 Å². The van der Waals surface area contributed by atoms with Gasteiger partial charge in [-0.25, -0.2) is 0 Å². The summed E-state index contributed by atoms with van der Waals surface area (Å²) < 4.78 is 0. The molecule has 0 N–H and O–H groups in total. The molecular weight excluding hydrogens is 187 g/mol. The SMILES string of the molecule is [Li][CH2]C(C)CS[Si](C)(C)C(C)(C)C. The summed E-state index contributed by atoms with van der Waals surface area (Å²) in [5.74, 6) is 2.24. The van der Waals surface area contributed by atoms with Crippen molar-refractivity contribution < 1.29 is 0 Å². The minimum absolute atomic E-state index is 0.533. The molecule has 13 heavy (non-hydrogen) atoms. The molecule has 0 fully saturated rings. The van der Waals surface area contributed by atoms with Gasteiger partial charge in [0, 0.05) is 0 Å². The Bertz CT molecular complexity index is 151. The molecule has 0 bridgehead atoms. The summed E-state index contributed by atoms with van der Waals surface area (Å²) in [6.45, 7) is 14.5. The molecule has 0 aliphatic carbocycles. The second-order valence-corrected chi connectivity index (χ2v) is 14.7. The predicted molar refractivity (Wildman–Crippen MR) is 69.4 cm³/mol. The topological polar surface area (TPSA) is 0 Å². The van der Waals surface area contributed by atoms with E-state index in [0.717, 1.165) is 5.92 Å². The van der Waals surface area contributed by atoms with Crippen LogP contribution < -0.4 is 0 Å². The third-order valence-corrected chi connectivity index (χ3v) is 12.8. The average Bonchev–Trinajstić information content (AvgIpc) is 1.98. The van der Waals surface area contributed by atoms with Crippen molar-refractivity contribution in [1.29, 1.82) is 0 Å². The summed E-state index contributed by atoms with van der Waals surface area (Å²) in [4.78, 5) is 0. The molecule has 3 heteroatoms. The van der Waals surface area contributed by atoms with Gasteiger partial charge < -0.3 is 0 Å². The van der Waals surface area contributed by atoms with Crippen LogP contribution in [0.15, 0.2) is 0 Å². The van der Waals surface area contributed by atoms with Crippen molar-refractivity contribution >= 4 is 36.1 Å². The molecule has 0 aromatic carbocycles. The van der Waals surface area contributed by atoms with Crippen LogP contribution in [0.4, 0.5) is 0 Å². The minimum atomic E-state index is -1.07. The molecule has 0 aromatic rings. The first-order valence-electron chi connectivity index (χ1n) is 5.34. The molecule has 0 heterocycles. The van der Waals surface area contributed by atoms with Crippen LogP contribution in [0.3, 0.4) is 0 Å². The Hall–Kier alpha value is 1.16. The molecule has 0 aliphatic rings. The van der Waals surface area contributed by atoms with Crippen molar-refractivity contribution in [3.8, 4) is 0 Å². The zero-order valence-electron chi connectivity index (χ0n) is 10.4. The zero-order chi connectivity index (χ0) is 10.7. The van der Waals surface area contributed by atoms with E-state index in [9.17, 15) is 0 Å². The van der Waals surface area contributed by atoms with Crippen molar-refractivity contribution in [3.05, 3.63) is 0 Å². The van der Waals surface area contributed by atoms with E-state index in [2.05, 4.69) is 69.7 Å². The monoisotopic (exact) mass is 210 g/mol. The fraction of sp³-hybridized carbons (Fsp3) is 1.00. The van der Waals surface area contributed by atoms with Gasteiger partial charge >= 0.3 is 98.7 Å². The van der Waals surface area contributed by atoms with Crippen LogP contribution in [0.2, 0.25) is 23.2 Å². The summed E-state index contributed by atoms with van der Waals surface area (Å²) in [6, 6.07) is 0. The van der Waals surface area contributed by atoms with Gasteiger partial charge in [-0.15, -0.1) is 0 Å². The van der Waals surface area contributed by atoms with Gasteiger partial charge in [0.1, 0.15) is 0 Å². The van der Waals surface area contributed by atoms with Crippen LogP contribution in [0.25, 0.3) is 0 Å². The van der Waals surface area contributed by atoms with Crippen LogP contribution >= 0.6 is 11.2 Å². The fourth-order valence-corrected chi connectivity index (χ4v) is 5.46. The van der Waals surface area contributed by atoms with Crippen molar-refractivity contribution in [2.45, 2.75) is 50.9 Å². The first-order valence-corrected chi connectivity index (χ1v) is 10.1. The third-order valence-electron chi connectivity index (χ3n) is 3.23. The number of hydrogen-bond acceptors (Lipinski definition) is 1. The summed E-state index contributed by atoms with van der Waals surface area (Å²) in [5, 5.41) is 1.85. The molecule has 0 spiro atoms. The van der Waals surface area contributed by atoms with Gasteiger partial charge in [-0.05, 0) is 0 Å². The molecule has 0 aliphatic heterocycles. The predicted octanol–water partition coefficient (Wildman–Crippen LogP) is 3.95. The van der Waals surface area contributed by atoms with E-state index < -0.39 is 7.22 Å². The van der Waals surface area contributed by atoms with Crippen LogP contribution in [0.5, 0.6) is 0 Å². The first-order chi connectivity index (χ1) is 5.70. The molecule has 0 amide bonds. The van der Waals surface area contributed by atoms with Crippen molar-refractivity contribution in [2.75, 3.05) is 5.75 Å². The standard InChI is InChI=1S/C10H23SSi.Li/c1-9(2)8-11-12(6,7)10(3,4)5;/h9H,1,8H2,2-7H3;. The Labute approximate surface area is 98.5 Å². The van der Waals surface area contributed by atoms with E-state index in [1.54, 1.807) is 0 Å². The molecule has 1 atom stereocenters. The van der Waals surface area contributed by atoms with E-state index in [1.165, 1.54) is 10.8 Å². The zero-order valence-corrected chi connectivity index (χ0v) is 12.2. The van der Waals surface area contributed by atoms with Crippen molar-refractivity contribution in [1.82, 2.24) is 0 Å². The average molecular weight is 210 g/mol. The molecule has 0 nitrogen and oxygen atoms in total. The summed E-state index contributed by atoms with van der Waals surface area (Å²) >= 11 is 4.55. The van der Waals surface area contributed by atoms with Gasteiger partial charge in [-0.1, -0.05) is 0 Å². The molecule has 1 unspecified atom stereocenters. The van der Waals surface area contributed by atoms with E-state index >= 15 is 0 Å². The van der Waals surface area contributed by atoms with E-state index in [4.69, 9.17) is 0 Å². The van der Waals surface area contributed by atoms with E-state index in [-0.39, 0.29) is 0 Å². The second kappa shape index (κ2) is 5.30. The summed E-state index contributed by atoms with van der Waals surface area (Å²) in [5.41, 5.74) is 0. The molecule has 0 saturated heterocycles. The maximum absolute atomic E-state index is 2.50. The van der Waals surface area contributed by atoms with Crippen molar-refractivity contribution in [2.24, 2.45) is 5.92 Å². The Morgan fingerprint density at radius 1 is 1.31 bits per heavy atom. The number of hydrogen-bond donors (Lipinski definition) is 0. The third kappa shape index (κ3) is 4.97. The van der Waals surface area contributed by atoms with Crippen LogP contribution in [0, 0.1) is 5.92 Å². The molecule has 0 radical (unpaired) electrons. The van der Waals surface area contributed by atoms with E-state index in [1.807, 2.05) is 0 Å². The van der Waals surface area contributed by atoms with Gasteiger partial charge in [0.05, 0.1) is 0 Å². The molecule has 0 saturated carbocycles. The molecule has 74 valence electrons. The van der Waals surface area contributed by atoms with Gasteiger partial charge in [-0.2, -0.15) is 0 Å². The van der Waals surface area contributed by atoms with Gasteiger partial charge in [0.2, 0.25) is 0 Å². The Morgan fingerprint density at radius 2 is 1.77 bits per heavy atom. The second-order valence-electron chi connectivity index (χ2n) is 5.58. The quantitative estimate of drug-likeness (QED) is 0.633. The fourth-order valence-electron chi connectivity index (χ4n) is 0.685. The first kappa shape index (κ1) is 14.2. The Morgan fingerprint density at radius 3 is 2.08 bits per heavy atom. The van der Waals surface area contributed by atoms with Gasteiger partial charge in [0.25, 0.3) is 0 Å². The Balaban J connectivity index is 4.04. The van der Waals surface area contributed by atoms with Gasteiger partial charge in [0.15, 0.2) is 0 Å². The van der Waals surface area contributed by atoms with E-state index in [0.29, 0.717) is 5.04 Å². The van der Waals surface area contributed by atoms with Crippen LogP contribution in [-0.2, 0) is 0 Å². The normalized spacial score (nSPS) is 16.0. The van der Waals surface area contributed by atoms with Crippen LogP contribution in [0.1, 0.15) is 27.7 Å². The molecular formula is C10H23LiSSi. The maximum atomic E-state index is 2.50. The molecule has 0 rings (SSSR count).